The maximum absolute atomic E-state index is 12.9. The van der Waals surface area contributed by atoms with Gasteiger partial charge in [0.25, 0.3) is 11.8 Å². The molecule has 2 aliphatic heterocycles. The number of hydrogen-bond acceptors (Lipinski definition) is 7. The first kappa shape index (κ1) is 19.3. The minimum absolute atomic E-state index is 0.217. The Morgan fingerprint density at radius 3 is 2.94 bits per heavy atom. The zero-order valence-corrected chi connectivity index (χ0v) is 17.1. The van der Waals surface area contributed by atoms with E-state index in [-0.39, 0.29) is 30.7 Å². The molecule has 4 heterocycles. The maximum Gasteiger partial charge on any atom is 0.280 e. The summed E-state index contributed by atoms with van der Waals surface area (Å²) < 4.78 is 0. The quantitative estimate of drug-likeness (QED) is 0.597. The van der Waals surface area contributed by atoms with E-state index in [0.29, 0.717) is 33.9 Å². The van der Waals surface area contributed by atoms with Crippen molar-refractivity contribution in [3.63, 3.8) is 0 Å². The lowest BCUT2D eigenvalue weighted by molar-refractivity contribution is -0.136. The Morgan fingerprint density at radius 2 is 2.13 bits per heavy atom. The van der Waals surface area contributed by atoms with E-state index >= 15 is 0 Å². The first-order valence-electron chi connectivity index (χ1n) is 9.76. The van der Waals surface area contributed by atoms with E-state index < -0.39 is 11.9 Å². The van der Waals surface area contributed by atoms with Crippen LogP contribution >= 0.6 is 11.3 Å². The average Bonchev–Trinajstić information content (AvgIpc) is 3.34. The summed E-state index contributed by atoms with van der Waals surface area (Å²) in [7, 11) is 0. The number of amides is 4. The lowest BCUT2D eigenvalue weighted by Gasteiger charge is -2.29. The molecule has 0 radical (unpaired) electrons. The third-order valence-electron chi connectivity index (χ3n) is 5.41. The number of imide groups is 1. The van der Waals surface area contributed by atoms with Crippen LogP contribution in [0, 0.1) is 0 Å². The Labute approximate surface area is 180 Å². The van der Waals surface area contributed by atoms with Gasteiger partial charge >= 0.3 is 0 Å². The molecular formula is C21H17N5O4S. The van der Waals surface area contributed by atoms with Crippen molar-refractivity contribution in [2.75, 3.05) is 0 Å². The van der Waals surface area contributed by atoms with Gasteiger partial charge in [0.1, 0.15) is 16.4 Å². The van der Waals surface area contributed by atoms with Gasteiger partial charge in [-0.2, -0.15) is 0 Å². The number of nitrogens with zero attached hydrogens (tertiary/aromatic N) is 3. The molecule has 3 aromatic rings. The lowest BCUT2D eigenvalue weighted by atomic mass is 10.0. The van der Waals surface area contributed by atoms with Crippen molar-refractivity contribution in [2.45, 2.75) is 32.0 Å². The lowest BCUT2D eigenvalue weighted by Crippen LogP contribution is -2.52. The predicted molar refractivity (Wildman–Crippen MR) is 111 cm³/mol. The van der Waals surface area contributed by atoms with Gasteiger partial charge in [-0.1, -0.05) is 23.5 Å². The van der Waals surface area contributed by atoms with Gasteiger partial charge < -0.3 is 10.2 Å². The largest absolute Gasteiger partial charge is 0.346 e. The van der Waals surface area contributed by atoms with E-state index in [1.165, 1.54) is 16.2 Å². The molecule has 10 heteroatoms. The number of fused-ring (bicyclic) bond motifs is 2. The number of nitrogens with one attached hydrogen (secondary N) is 2. The topological polar surface area (TPSA) is 121 Å². The molecule has 0 aliphatic carbocycles. The first-order valence-corrected chi connectivity index (χ1v) is 10.6. The summed E-state index contributed by atoms with van der Waals surface area (Å²) in [5.74, 6) is -1.29. The third kappa shape index (κ3) is 3.55. The smallest absolute Gasteiger partial charge is 0.280 e. The number of hydrogen-bond donors (Lipinski definition) is 2. The van der Waals surface area contributed by atoms with Crippen LogP contribution in [0.25, 0.3) is 10.3 Å². The van der Waals surface area contributed by atoms with Crippen molar-refractivity contribution in [2.24, 2.45) is 0 Å². The van der Waals surface area contributed by atoms with Gasteiger partial charge in [-0.3, -0.25) is 24.5 Å². The number of piperidine rings is 1. The van der Waals surface area contributed by atoms with E-state index in [2.05, 4.69) is 20.6 Å². The van der Waals surface area contributed by atoms with Gasteiger partial charge in [-0.05, 0) is 35.7 Å². The number of thiazole rings is 1. The van der Waals surface area contributed by atoms with Crippen LogP contribution in [-0.4, -0.2) is 44.5 Å². The molecule has 5 rings (SSSR count). The highest BCUT2D eigenvalue weighted by Crippen LogP contribution is 2.28. The second-order valence-corrected chi connectivity index (χ2v) is 8.40. The van der Waals surface area contributed by atoms with Crippen molar-refractivity contribution < 1.29 is 19.2 Å². The number of aromatic nitrogens is 2. The average molecular weight is 435 g/mol. The molecule has 156 valence electrons. The highest BCUT2D eigenvalue weighted by molar-refractivity contribution is 7.19. The minimum atomic E-state index is -0.645. The van der Waals surface area contributed by atoms with Crippen LogP contribution in [-0.2, 0) is 22.7 Å². The van der Waals surface area contributed by atoms with Gasteiger partial charge in [0, 0.05) is 31.3 Å². The van der Waals surface area contributed by atoms with Gasteiger partial charge in [-0.25, -0.2) is 9.97 Å². The molecule has 2 N–H and O–H groups in total. The standard InChI is InChI=1S/C21H17N5O4S/c27-16-6-5-15(17(28)25-16)26-10-12-4-3-11(8-13(12)21(26)30)9-23-18(29)20-24-14-2-1-7-22-19(14)31-20/h1-4,7-8,15H,5-6,9-10H2,(H,23,29)(H,25,27,28). The third-order valence-corrected chi connectivity index (χ3v) is 6.38. The van der Waals surface area contributed by atoms with Crippen LogP contribution in [0.5, 0.6) is 0 Å². The summed E-state index contributed by atoms with van der Waals surface area (Å²) in [5.41, 5.74) is 2.78. The second kappa shape index (κ2) is 7.55. The molecule has 0 bridgehead atoms. The molecule has 1 saturated heterocycles. The predicted octanol–water partition coefficient (Wildman–Crippen LogP) is 1.38. The highest BCUT2D eigenvalue weighted by atomic mass is 32.1. The van der Waals surface area contributed by atoms with Crippen LogP contribution in [0.15, 0.2) is 36.5 Å². The zero-order valence-electron chi connectivity index (χ0n) is 16.3. The number of carbonyl (C=O) groups excluding carboxylic acids is 4. The molecule has 31 heavy (non-hydrogen) atoms. The van der Waals surface area contributed by atoms with Crippen LogP contribution in [0.4, 0.5) is 0 Å². The molecule has 1 unspecified atom stereocenters. The molecule has 1 aromatic carbocycles. The minimum Gasteiger partial charge on any atom is -0.346 e. The number of carbonyl (C=O) groups is 4. The van der Waals surface area contributed by atoms with Crippen LogP contribution in [0.3, 0.4) is 0 Å². The molecular weight excluding hydrogens is 418 g/mol. The summed E-state index contributed by atoms with van der Waals surface area (Å²) in [4.78, 5) is 59.6. The van der Waals surface area contributed by atoms with Crippen LogP contribution in [0.1, 0.15) is 44.1 Å². The zero-order chi connectivity index (χ0) is 21.5. The molecule has 9 nitrogen and oxygen atoms in total. The normalized spacial score (nSPS) is 18.3. The summed E-state index contributed by atoms with van der Waals surface area (Å²) in [6.45, 7) is 0.562. The Balaban J connectivity index is 1.28. The van der Waals surface area contributed by atoms with Crippen molar-refractivity contribution >= 4 is 45.3 Å². The Hall–Kier alpha value is -3.66. The van der Waals surface area contributed by atoms with Crippen molar-refractivity contribution in [1.82, 2.24) is 25.5 Å². The van der Waals surface area contributed by atoms with E-state index in [9.17, 15) is 19.2 Å². The van der Waals surface area contributed by atoms with E-state index in [0.717, 1.165) is 11.1 Å². The molecule has 0 spiro atoms. The fourth-order valence-electron chi connectivity index (χ4n) is 3.84. The van der Waals surface area contributed by atoms with Crippen molar-refractivity contribution in [3.8, 4) is 0 Å². The summed E-state index contributed by atoms with van der Waals surface area (Å²) >= 11 is 1.22. The van der Waals surface area contributed by atoms with Crippen LogP contribution in [0.2, 0.25) is 0 Å². The number of benzene rings is 1. The van der Waals surface area contributed by atoms with Crippen LogP contribution < -0.4 is 10.6 Å². The maximum atomic E-state index is 12.9. The fourth-order valence-corrected chi connectivity index (χ4v) is 4.66. The molecule has 1 atom stereocenters. The Kier molecular flexibility index (Phi) is 4.70. The first-order chi connectivity index (χ1) is 15.0. The fraction of sp³-hybridized carbons (Fsp3) is 0.238. The molecule has 4 amide bonds. The van der Waals surface area contributed by atoms with Crippen molar-refractivity contribution in [3.05, 3.63) is 58.2 Å². The van der Waals surface area contributed by atoms with Gasteiger partial charge in [0.05, 0.1) is 0 Å². The Morgan fingerprint density at radius 1 is 1.26 bits per heavy atom. The molecule has 0 saturated carbocycles. The van der Waals surface area contributed by atoms with Gasteiger partial charge in [-0.15, -0.1) is 0 Å². The SMILES string of the molecule is O=C1CCC(N2Cc3ccc(CNC(=O)c4nc5cccnc5s4)cc3C2=O)C(=O)N1. The van der Waals surface area contributed by atoms with E-state index in [4.69, 9.17) is 0 Å². The number of rotatable bonds is 4. The van der Waals surface area contributed by atoms with Crippen molar-refractivity contribution in [1.29, 1.82) is 0 Å². The number of pyridine rings is 1. The van der Waals surface area contributed by atoms with E-state index in [1.807, 2.05) is 12.1 Å². The van der Waals surface area contributed by atoms with E-state index in [1.54, 1.807) is 24.4 Å². The Bertz CT molecular complexity index is 1220. The molecule has 1 fully saturated rings. The summed E-state index contributed by atoms with van der Waals surface area (Å²) in [6.07, 6.45) is 2.20. The van der Waals surface area contributed by atoms with Gasteiger partial charge in [0.2, 0.25) is 11.8 Å². The second-order valence-electron chi connectivity index (χ2n) is 7.42. The monoisotopic (exact) mass is 435 g/mol. The summed E-state index contributed by atoms with van der Waals surface area (Å²) in [5, 5.41) is 5.45. The summed E-state index contributed by atoms with van der Waals surface area (Å²) in [6, 6.07) is 8.35. The van der Waals surface area contributed by atoms with Gasteiger partial charge in [0.15, 0.2) is 5.01 Å². The highest BCUT2D eigenvalue weighted by Gasteiger charge is 2.39. The molecule has 2 aromatic heterocycles. The molecule has 2 aliphatic rings.